The molecule has 3 heterocycles. The van der Waals surface area contributed by atoms with Gasteiger partial charge in [0.05, 0.1) is 25.3 Å². The van der Waals surface area contributed by atoms with Crippen LogP contribution in [0.5, 0.6) is 5.75 Å². The van der Waals surface area contributed by atoms with Crippen LogP contribution in [0.15, 0.2) is 54.6 Å². The van der Waals surface area contributed by atoms with Gasteiger partial charge in [-0.3, -0.25) is 14.4 Å². The average molecular weight is 477 g/mol. The summed E-state index contributed by atoms with van der Waals surface area (Å²) in [6.45, 7) is 1.39. The highest BCUT2D eigenvalue weighted by molar-refractivity contribution is 7.15. The van der Waals surface area contributed by atoms with Crippen LogP contribution in [0.2, 0.25) is 0 Å². The van der Waals surface area contributed by atoms with Crippen LogP contribution < -0.4 is 15.0 Å². The fourth-order valence-corrected chi connectivity index (χ4v) is 5.31. The Bertz CT molecular complexity index is 1230. The number of carbonyl (C=O) groups excluding carboxylic acids is 3. The number of hydrogen-bond acceptors (Lipinski definition) is 6. The van der Waals surface area contributed by atoms with Gasteiger partial charge >= 0.3 is 0 Å². The minimum Gasteiger partial charge on any atom is -0.497 e. The lowest BCUT2D eigenvalue weighted by Crippen LogP contribution is -2.35. The first-order chi connectivity index (χ1) is 16.5. The Morgan fingerprint density at radius 1 is 1.12 bits per heavy atom. The number of carbonyl (C=O) groups is 3. The second kappa shape index (κ2) is 9.26. The normalized spacial score (nSPS) is 17.4. The molecular weight excluding hydrogens is 452 g/mol. The second-order valence-electron chi connectivity index (χ2n) is 8.32. The molecule has 2 aliphatic heterocycles. The Labute approximate surface area is 201 Å². The Balaban J connectivity index is 1.22. The molecule has 1 unspecified atom stereocenters. The topological polar surface area (TPSA) is 91.8 Å². The predicted octanol–water partition coefficient (Wildman–Crippen LogP) is 3.34. The van der Waals surface area contributed by atoms with Crippen molar-refractivity contribution >= 4 is 39.9 Å². The first kappa shape index (κ1) is 22.1. The Morgan fingerprint density at radius 3 is 2.62 bits per heavy atom. The van der Waals surface area contributed by atoms with Gasteiger partial charge in [0, 0.05) is 42.1 Å². The molecule has 1 saturated heterocycles. The van der Waals surface area contributed by atoms with Crippen molar-refractivity contribution in [1.82, 2.24) is 9.88 Å². The lowest BCUT2D eigenvalue weighted by molar-refractivity contribution is -0.122. The van der Waals surface area contributed by atoms with E-state index in [4.69, 9.17) is 4.74 Å². The first-order valence-electron chi connectivity index (χ1n) is 11.1. The molecule has 34 heavy (non-hydrogen) atoms. The van der Waals surface area contributed by atoms with Crippen LogP contribution in [0.4, 0.5) is 10.8 Å². The number of anilines is 2. The van der Waals surface area contributed by atoms with E-state index < -0.39 is 5.92 Å². The van der Waals surface area contributed by atoms with Gasteiger partial charge in [-0.15, -0.1) is 0 Å². The van der Waals surface area contributed by atoms with Crippen LogP contribution in [-0.4, -0.2) is 47.8 Å². The molecule has 9 heteroatoms. The molecule has 2 aliphatic rings. The fourth-order valence-electron chi connectivity index (χ4n) is 4.29. The van der Waals surface area contributed by atoms with Gasteiger partial charge in [-0.05, 0) is 36.4 Å². The number of ether oxygens (including phenoxy) is 1. The minimum atomic E-state index is -0.452. The third-order valence-electron chi connectivity index (χ3n) is 6.15. The number of aromatic nitrogens is 1. The number of benzene rings is 2. The van der Waals surface area contributed by atoms with Gasteiger partial charge in [0.1, 0.15) is 5.75 Å². The summed E-state index contributed by atoms with van der Waals surface area (Å²) in [6, 6.07) is 16.4. The second-order valence-corrected chi connectivity index (χ2v) is 9.41. The molecule has 3 amide bonds. The Kier molecular flexibility index (Phi) is 6.02. The van der Waals surface area contributed by atoms with Crippen LogP contribution in [0.1, 0.15) is 27.3 Å². The van der Waals surface area contributed by atoms with Gasteiger partial charge in [0.15, 0.2) is 5.13 Å². The van der Waals surface area contributed by atoms with Crippen molar-refractivity contribution in [3.05, 3.63) is 70.7 Å². The van der Waals surface area contributed by atoms with Gasteiger partial charge in [-0.1, -0.05) is 29.5 Å². The minimum absolute atomic E-state index is 0.00618. The van der Waals surface area contributed by atoms with Crippen LogP contribution >= 0.6 is 11.3 Å². The van der Waals surface area contributed by atoms with Crippen molar-refractivity contribution in [2.24, 2.45) is 5.92 Å². The van der Waals surface area contributed by atoms with Crippen molar-refractivity contribution in [2.45, 2.75) is 19.4 Å². The van der Waals surface area contributed by atoms with E-state index in [9.17, 15) is 14.4 Å². The third kappa shape index (κ3) is 4.38. The third-order valence-corrected chi connectivity index (χ3v) is 7.15. The first-order valence-corrected chi connectivity index (χ1v) is 11.9. The standard InChI is InChI=1S/C25H24N4O4S/c1-33-19-9-7-18(8-10-19)29-14-17(13-22(29)30)23(31)27-25-26-20-11-12-28(15-21(20)34-25)24(32)16-5-3-2-4-6-16/h2-10,17H,11-15H2,1H3,(H,26,27,31). The molecule has 2 aromatic carbocycles. The number of methoxy groups -OCH3 is 1. The maximum atomic E-state index is 12.9. The number of rotatable bonds is 5. The zero-order valence-electron chi connectivity index (χ0n) is 18.7. The quantitative estimate of drug-likeness (QED) is 0.610. The molecule has 0 saturated carbocycles. The van der Waals surface area contributed by atoms with Gasteiger partial charge in [-0.2, -0.15) is 0 Å². The molecule has 0 bridgehead atoms. The van der Waals surface area contributed by atoms with Gasteiger partial charge in [0.2, 0.25) is 11.8 Å². The zero-order chi connectivity index (χ0) is 23.7. The van der Waals surface area contributed by atoms with E-state index in [1.807, 2.05) is 47.4 Å². The zero-order valence-corrected chi connectivity index (χ0v) is 19.5. The Morgan fingerprint density at radius 2 is 1.88 bits per heavy atom. The summed E-state index contributed by atoms with van der Waals surface area (Å²) < 4.78 is 5.17. The average Bonchev–Trinajstić information content (AvgIpc) is 3.46. The highest BCUT2D eigenvalue weighted by Crippen LogP contribution is 2.31. The monoisotopic (exact) mass is 476 g/mol. The summed E-state index contributed by atoms with van der Waals surface area (Å²) in [5.74, 6) is -0.0482. The van der Waals surface area contributed by atoms with E-state index in [0.717, 1.165) is 16.3 Å². The van der Waals surface area contributed by atoms with Gasteiger partial charge < -0.3 is 19.9 Å². The van der Waals surface area contributed by atoms with Gasteiger partial charge in [-0.25, -0.2) is 4.98 Å². The van der Waals surface area contributed by atoms with Crippen LogP contribution in [0.3, 0.4) is 0 Å². The largest absolute Gasteiger partial charge is 0.497 e. The summed E-state index contributed by atoms with van der Waals surface area (Å²) in [4.78, 5) is 47.2. The summed E-state index contributed by atoms with van der Waals surface area (Å²) >= 11 is 1.39. The van der Waals surface area contributed by atoms with Crippen LogP contribution in [0, 0.1) is 5.92 Å². The molecule has 1 fully saturated rings. The Hall–Kier alpha value is -3.72. The summed E-state index contributed by atoms with van der Waals surface area (Å²) in [6.07, 6.45) is 0.801. The van der Waals surface area contributed by atoms with E-state index in [0.29, 0.717) is 42.5 Å². The number of nitrogens with one attached hydrogen (secondary N) is 1. The van der Waals surface area contributed by atoms with E-state index in [-0.39, 0.29) is 24.1 Å². The van der Waals surface area contributed by atoms with Crippen LogP contribution in [-0.2, 0) is 22.6 Å². The van der Waals surface area contributed by atoms with Crippen LogP contribution in [0.25, 0.3) is 0 Å². The molecule has 1 atom stereocenters. The fraction of sp³-hybridized carbons (Fsp3) is 0.280. The van der Waals surface area contributed by atoms with E-state index in [2.05, 4.69) is 10.3 Å². The maximum absolute atomic E-state index is 12.9. The molecule has 0 aliphatic carbocycles. The SMILES string of the molecule is COc1ccc(N2CC(C(=O)Nc3nc4c(s3)CN(C(=O)c3ccccc3)CC4)CC2=O)cc1. The van der Waals surface area contributed by atoms with Crippen molar-refractivity contribution in [2.75, 3.05) is 30.4 Å². The lowest BCUT2D eigenvalue weighted by Gasteiger charge is -2.26. The van der Waals surface area contributed by atoms with E-state index in [1.54, 1.807) is 24.1 Å². The summed E-state index contributed by atoms with van der Waals surface area (Å²) in [7, 11) is 1.59. The highest BCUT2D eigenvalue weighted by atomic mass is 32.1. The number of fused-ring (bicyclic) bond motifs is 1. The number of amides is 3. The molecule has 0 spiro atoms. The number of nitrogens with zero attached hydrogens (tertiary/aromatic N) is 3. The predicted molar refractivity (Wildman–Crippen MR) is 129 cm³/mol. The molecule has 0 radical (unpaired) electrons. The molecule has 8 nitrogen and oxygen atoms in total. The van der Waals surface area contributed by atoms with Crippen molar-refractivity contribution in [3.63, 3.8) is 0 Å². The number of thiazole rings is 1. The van der Waals surface area contributed by atoms with Crippen molar-refractivity contribution in [3.8, 4) is 5.75 Å². The van der Waals surface area contributed by atoms with Crippen molar-refractivity contribution < 1.29 is 19.1 Å². The summed E-state index contributed by atoms with van der Waals surface area (Å²) in [5, 5.41) is 3.41. The molecular formula is C25H24N4O4S. The van der Waals surface area contributed by atoms with Gasteiger partial charge in [0.25, 0.3) is 5.91 Å². The highest BCUT2D eigenvalue weighted by Gasteiger charge is 2.36. The summed E-state index contributed by atoms with van der Waals surface area (Å²) in [5.41, 5.74) is 2.32. The lowest BCUT2D eigenvalue weighted by atomic mass is 10.1. The molecule has 174 valence electrons. The smallest absolute Gasteiger partial charge is 0.254 e. The number of hydrogen-bond donors (Lipinski definition) is 1. The van der Waals surface area contributed by atoms with Crippen molar-refractivity contribution in [1.29, 1.82) is 0 Å². The molecule has 3 aromatic rings. The molecule has 5 rings (SSSR count). The molecule has 1 aromatic heterocycles. The maximum Gasteiger partial charge on any atom is 0.254 e. The van der Waals surface area contributed by atoms with E-state index in [1.165, 1.54) is 11.3 Å². The van der Waals surface area contributed by atoms with E-state index >= 15 is 0 Å². The molecule has 1 N–H and O–H groups in total.